The first kappa shape index (κ1) is 40.8. The van der Waals surface area contributed by atoms with Crippen LogP contribution in [0.25, 0.3) is 111 Å². The normalized spacial score (nSPS) is 11.9. The molecule has 0 fully saturated rings. The summed E-state index contributed by atoms with van der Waals surface area (Å²) in [5.41, 5.74) is 7.96. The van der Waals surface area contributed by atoms with Crippen LogP contribution >= 0.6 is 0 Å². The molecular weight excluding hydrogens is 860 g/mol. The Kier molecular flexibility index (Phi) is 9.62. The second-order valence-electron chi connectivity index (χ2n) is 16.8. The maximum absolute atomic E-state index is 15.7. The van der Waals surface area contributed by atoms with Gasteiger partial charge in [-0.15, -0.1) is 0 Å². The molecule has 0 bridgehead atoms. The predicted molar refractivity (Wildman–Crippen MR) is 263 cm³/mol. The Morgan fingerprint density at radius 3 is 1.16 bits per heavy atom. The summed E-state index contributed by atoms with van der Waals surface area (Å²) in [6.45, 7) is 0. The molecule has 0 amide bonds. The first-order valence-corrected chi connectivity index (χ1v) is 22.0. The standard InChI is InChI=1S/C59H35F5N4/c60-42-29-40(30-43(61)35-42)58-56(67-52-23-9-7-17-44(52)46-27-25-38(31-54(46)67)50-21-11-19-48(65-50)36-13-3-1-4-14-36)33-41(59(62,63)64)34-57(58)68-53-24-10-8-18-45(53)47-28-26-39(32-55(47)68)51-22-12-20-49(66-51)37-15-5-2-6-16-37/h1-35H. The molecule has 4 nitrogen and oxygen atoms in total. The largest absolute Gasteiger partial charge is 0.416 e. The number of aromatic nitrogens is 4. The molecular formula is C59H35F5N4. The van der Waals surface area contributed by atoms with E-state index in [1.54, 1.807) is 9.13 Å². The van der Waals surface area contributed by atoms with Crippen molar-refractivity contribution in [2.75, 3.05) is 0 Å². The van der Waals surface area contributed by atoms with Crippen LogP contribution in [-0.4, -0.2) is 19.1 Å². The van der Waals surface area contributed by atoms with Crippen LogP contribution in [0.5, 0.6) is 0 Å². The average Bonchev–Trinajstić information content (AvgIpc) is 3.88. The topological polar surface area (TPSA) is 35.6 Å². The van der Waals surface area contributed by atoms with Crippen LogP contribution < -0.4 is 0 Å². The van der Waals surface area contributed by atoms with E-state index in [9.17, 15) is 0 Å². The van der Waals surface area contributed by atoms with Gasteiger partial charge in [-0.25, -0.2) is 18.7 Å². The van der Waals surface area contributed by atoms with Crippen LogP contribution in [0.2, 0.25) is 0 Å². The number of para-hydroxylation sites is 2. The highest BCUT2D eigenvalue weighted by molar-refractivity contribution is 6.13. The van der Waals surface area contributed by atoms with E-state index in [-0.39, 0.29) is 22.5 Å². The van der Waals surface area contributed by atoms with Gasteiger partial charge in [-0.2, -0.15) is 13.2 Å². The van der Waals surface area contributed by atoms with Crippen LogP contribution in [0.15, 0.2) is 212 Å². The SMILES string of the molecule is Fc1cc(F)cc(-c2c(-n3c4ccccc4c4ccc(-c5cccc(-c6ccccc6)n5)cc43)cc(C(F)(F)F)cc2-n2c3ccccc3c3ccc(-c4cccc(-c5ccccc5)n4)cc32)c1. The molecule has 0 aliphatic rings. The number of halogens is 5. The van der Waals surface area contributed by atoms with Gasteiger partial charge in [0.05, 0.1) is 61.8 Å². The Hall–Kier alpha value is -8.69. The predicted octanol–water partition coefficient (Wildman–Crippen LogP) is 16.3. The van der Waals surface area contributed by atoms with Crippen molar-refractivity contribution in [2.24, 2.45) is 0 Å². The van der Waals surface area contributed by atoms with Gasteiger partial charge in [0.1, 0.15) is 11.6 Å². The lowest BCUT2D eigenvalue weighted by Gasteiger charge is -2.23. The minimum absolute atomic E-state index is 0.0554. The molecule has 0 atom stereocenters. The molecule has 12 aromatic rings. The van der Waals surface area contributed by atoms with Crippen molar-refractivity contribution in [1.82, 2.24) is 19.1 Å². The number of alkyl halides is 3. The molecule has 9 heteroatoms. The van der Waals surface area contributed by atoms with E-state index < -0.39 is 23.4 Å². The molecule has 8 aromatic carbocycles. The molecule has 12 rings (SSSR count). The molecule has 0 saturated carbocycles. The minimum atomic E-state index is -4.84. The molecule has 0 saturated heterocycles. The summed E-state index contributed by atoms with van der Waals surface area (Å²) < 4.78 is 82.1. The van der Waals surface area contributed by atoms with E-state index in [0.717, 1.165) is 73.4 Å². The van der Waals surface area contributed by atoms with Crippen molar-refractivity contribution in [3.8, 4) is 67.5 Å². The summed E-state index contributed by atoms with van der Waals surface area (Å²) in [6.07, 6.45) is -4.84. The lowest BCUT2D eigenvalue weighted by molar-refractivity contribution is -0.137. The summed E-state index contributed by atoms with van der Waals surface area (Å²) in [5, 5.41) is 3.10. The molecule has 0 spiro atoms. The van der Waals surface area contributed by atoms with Gasteiger partial charge in [0.15, 0.2) is 0 Å². The third kappa shape index (κ3) is 6.98. The van der Waals surface area contributed by atoms with Gasteiger partial charge in [-0.3, -0.25) is 0 Å². The first-order chi connectivity index (χ1) is 33.2. The van der Waals surface area contributed by atoms with E-state index in [4.69, 9.17) is 9.97 Å². The molecule has 4 heterocycles. The fourth-order valence-corrected chi connectivity index (χ4v) is 9.63. The van der Waals surface area contributed by atoms with E-state index in [2.05, 4.69) is 0 Å². The highest BCUT2D eigenvalue weighted by atomic mass is 19.4. The summed E-state index contributed by atoms with van der Waals surface area (Å²) >= 11 is 0. The molecule has 0 N–H and O–H groups in total. The fourth-order valence-electron chi connectivity index (χ4n) is 9.63. The molecule has 0 unspecified atom stereocenters. The Labute approximate surface area is 386 Å². The zero-order chi connectivity index (χ0) is 46.1. The van der Waals surface area contributed by atoms with Gasteiger partial charge in [-0.1, -0.05) is 133 Å². The van der Waals surface area contributed by atoms with Crippen LogP contribution in [0.3, 0.4) is 0 Å². The van der Waals surface area contributed by atoms with Gasteiger partial charge < -0.3 is 9.13 Å². The second-order valence-corrected chi connectivity index (χ2v) is 16.8. The average molecular weight is 895 g/mol. The molecule has 68 heavy (non-hydrogen) atoms. The zero-order valence-electron chi connectivity index (χ0n) is 35.9. The number of benzene rings is 8. The van der Waals surface area contributed by atoms with Crippen LogP contribution in [-0.2, 0) is 6.18 Å². The van der Waals surface area contributed by atoms with Crippen LogP contribution in [0, 0.1) is 11.6 Å². The van der Waals surface area contributed by atoms with E-state index in [1.165, 1.54) is 12.1 Å². The van der Waals surface area contributed by atoms with Crippen molar-refractivity contribution in [2.45, 2.75) is 6.18 Å². The third-order valence-corrected chi connectivity index (χ3v) is 12.6. The number of nitrogens with zero attached hydrogens (tertiary/aromatic N) is 4. The zero-order valence-corrected chi connectivity index (χ0v) is 35.9. The van der Waals surface area contributed by atoms with Gasteiger partial charge in [0.2, 0.25) is 0 Å². The van der Waals surface area contributed by atoms with Crippen LogP contribution in [0.4, 0.5) is 22.0 Å². The van der Waals surface area contributed by atoms with Crippen LogP contribution in [0.1, 0.15) is 5.56 Å². The smallest absolute Gasteiger partial charge is 0.309 e. The molecule has 0 aliphatic heterocycles. The lowest BCUT2D eigenvalue weighted by atomic mass is 9.97. The molecule has 0 radical (unpaired) electrons. The monoisotopic (exact) mass is 894 g/mol. The van der Waals surface area contributed by atoms with Gasteiger partial charge in [0.25, 0.3) is 0 Å². The van der Waals surface area contributed by atoms with Gasteiger partial charge in [0, 0.05) is 55.4 Å². The van der Waals surface area contributed by atoms with E-state index in [0.29, 0.717) is 33.5 Å². The number of rotatable bonds is 7. The Morgan fingerprint density at radius 1 is 0.324 bits per heavy atom. The number of hydrogen-bond donors (Lipinski definition) is 0. The van der Waals surface area contributed by atoms with E-state index in [1.807, 2.05) is 182 Å². The number of hydrogen-bond acceptors (Lipinski definition) is 2. The molecule has 326 valence electrons. The maximum Gasteiger partial charge on any atom is 0.416 e. The Balaban J connectivity index is 1.18. The highest BCUT2D eigenvalue weighted by Gasteiger charge is 2.34. The van der Waals surface area contributed by atoms with Crippen molar-refractivity contribution >= 4 is 43.6 Å². The van der Waals surface area contributed by atoms with Crippen molar-refractivity contribution < 1.29 is 22.0 Å². The molecule has 0 aliphatic carbocycles. The van der Waals surface area contributed by atoms with Crippen molar-refractivity contribution in [3.05, 3.63) is 230 Å². The first-order valence-electron chi connectivity index (χ1n) is 22.0. The summed E-state index contributed by atoms with van der Waals surface area (Å²) in [4.78, 5) is 10.0. The summed E-state index contributed by atoms with van der Waals surface area (Å²) in [7, 11) is 0. The third-order valence-electron chi connectivity index (χ3n) is 12.6. The quantitative estimate of drug-likeness (QED) is 0.149. The fraction of sp³-hybridized carbons (Fsp3) is 0.0169. The van der Waals surface area contributed by atoms with Crippen molar-refractivity contribution in [1.29, 1.82) is 0 Å². The Morgan fingerprint density at radius 2 is 0.721 bits per heavy atom. The number of pyridine rings is 2. The van der Waals surface area contributed by atoms with Crippen molar-refractivity contribution in [3.63, 3.8) is 0 Å². The number of fused-ring (bicyclic) bond motifs is 6. The lowest BCUT2D eigenvalue weighted by Crippen LogP contribution is -2.11. The highest BCUT2D eigenvalue weighted by Crippen LogP contribution is 2.46. The Bertz CT molecular complexity index is 3690. The van der Waals surface area contributed by atoms with E-state index >= 15 is 22.0 Å². The summed E-state index contributed by atoms with van der Waals surface area (Å²) in [5.74, 6) is -1.75. The van der Waals surface area contributed by atoms with Gasteiger partial charge >= 0.3 is 6.18 Å². The summed E-state index contributed by atoms with van der Waals surface area (Å²) in [6, 6.07) is 63.0. The second kappa shape index (κ2) is 16.0. The maximum atomic E-state index is 15.7. The van der Waals surface area contributed by atoms with Gasteiger partial charge in [-0.05, 0) is 78.4 Å². The molecule has 4 aromatic heterocycles. The minimum Gasteiger partial charge on any atom is -0.309 e.